The summed E-state index contributed by atoms with van der Waals surface area (Å²) in [4.78, 5) is 10.1. The largest absolute Gasteiger partial charge is 0.485 e. The Hall–Kier alpha value is -2.06. The van der Waals surface area contributed by atoms with Gasteiger partial charge in [-0.1, -0.05) is 27.7 Å². The molecule has 3 rings (SSSR count). The second kappa shape index (κ2) is 8.96. The molecule has 28 heavy (non-hydrogen) atoms. The Morgan fingerprint density at radius 3 is 2.61 bits per heavy atom. The molecule has 1 saturated heterocycles. The van der Waals surface area contributed by atoms with E-state index in [2.05, 4.69) is 52.9 Å². The van der Waals surface area contributed by atoms with Gasteiger partial charge in [0.2, 0.25) is 5.91 Å². The molecule has 0 aliphatic carbocycles. The summed E-state index contributed by atoms with van der Waals surface area (Å²) in [5, 5.41) is 11.7. The molecule has 1 unspecified atom stereocenters. The zero-order valence-electron chi connectivity index (χ0n) is 18.1. The molecule has 2 aliphatic heterocycles. The van der Waals surface area contributed by atoms with E-state index in [4.69, 9.17) is 14.7 Å². The summed E-state index contributed by atoms with van der Waals surface area (Å²) in [6, 6.07) is 7.79. The van der Waals surface area contributed by atoms with Crippen molar-refractivity contribution in [3.8, 4) is 11.8 Å². The van der Waals surface area contributed by atoms with Crippen molar-refractivity contribution in [2.24, 2.45) is 11.3 Å². The molecule has 1 atom stereocenters. The van der Waals surface area contributed by atoms with Gasteiger partial charge in [0.15, 0.2) is 0 Å². The van der Waals surface area contributed by atoms with E-state index in [-0.39, 0.29) is 23.0 Å². The first-order chi connectivity index (χ1) is 13.0. The molecule has 1 aromatic carbocycles. The molecule has 1 N–H and O–H groups in total. The average molecular weight is 387 g/mol. The predicted molar refractivity (Wildman–Crippen MR) is 110 cm³/mol. The number of nitrogens with one attached hydrogen (secondary N) is 1. The Morgan fingerprint density at radius 2 is 2.11 bits per heavy atom. The van der Waals surface area contributed by atoms with E-state index in [9.17, 15) is 4.79 Å². The van der Waals surface area contributed by atoms with Crippen LogP contribution in [0.25, 0.3) is 0 Å². The Kier molecular flexibility index (Phi) is 7.11. The zero-order valence-corrected chi connectivity index (χ0v) is 18.1. The molecule has 0 saturated carbocycles. The number of rotatable bonds is 4. The van der Waals surface area contributed by atoms with Crippen LogP contribution in [0.5, 0.6) is 5.75 Å². The van der Waals surface area contributed by atoms with Crippen molar-refractivity contribution >= 4 is 5.91 Å². The molecule has 1 fully saturated rings. The molecule has 0 bridgehead atoms. The normalized spacial score (nSPS) is 20.4. The smallest absolute Gasteiger partial charge is 0.220 e. The van der Waals surface area contributed by atoms with Gasteiger partial charge in [0.1, 0.15) is 17.5 Å². The van der Waals surface area contributed by atoms with Crippen LogP contribution in [0.4, 0.5) is 0 Å². The quantitative estimate of drug-likeness (QED) is 0.840. The Bertz CT molecular complexity index is 724. The first-order valence-electron chi connectivity index (χ1n) is 10.2. The number of carbonyl (C=O) groups excluding carboxylic acids is 1. The summed E-state index contributed by atoms with van der Waals surface area (Å²) in [6.45, 7) is 14.6. The maximum Gasteiger partial charge on any atom is 0.220 e. The minimum absolute atomic E-state index is 0.00744. The Morgan fingerprint density at radius 1 is 1.39 bits per heavy atom. The van der Waals surface area contributed by atoms with Crippen molar-refractivity contribution in [3.63, 3.8) is 0 Å². The monoisotopic (exact) mass is 386 g/mol. The van der Waals surface area contributed by atoms with E-state index < -0.39 is 0 Å². The van der Waals surface area contributed by atoms with Gasteiger partial charge in [-0.15, -0.1) is 0 Å². The second-order valence-electron chi connectivity index (χ2n) is 9.24. The first-order valence-corrected chi connectivity index (χ1v) is 10.2. The minimum atomic E-state index is -0.367. The van der Waals surface area contributed by atoms with Gasteiger partial charge in [-0.3, -0.25) is 4.79 Å². The topological polar surface area (TPSA) is 71.3 Å². The lowest BCUT2D eigenvalue weighted by molar-refractivity contribution is -0.119. The fraction of sp³-hybridized carbons (Fsp3) is 0.652. The van der Waals surface area contributed by atoms with Crippen molar-refractivity contribution in [1.29, 1.82) is 5.26 Å². The number of fused-ring (bicyclic) bond motifs is 1. The van der Waals surface area contributed by atoms with Gasteiger partial charge in [0, 0.05) is 19.4 Å². The second-order valence-corrected chi connectivity index (χ2v) is 9.24. The first kappa shape index (κ1) is 22.2. The number of hydrogen-bond acceptors (Lipinski definition) is 4. The van der Waals surface area contributed by atoms with Crippen LogP contribution >= 0.6 is 0 Å². The van der Waals surface area contributed by atoms with E-state index in [1.165, 1.54) is 0 Å². The minimum Gasteiger partial charge on any atom is -0.485 e. The third-order valence-electron chi connectivity index (χ3n) is 5.87. The van der Waals surface area contributed by atoms with E-state index in [0.29, 0.717) is 18.1 Å². The molecule has 2 heterocycles. The molecule has 2 aliphatic rings. The average Bonchev–Trinajstić information content (AvgIpc) is 3.10. The van der Waals surface area contributed by atoms with Gasteiger partial charge in [-0.2, -0.15) is 5.26 Å². The molecular weight excluding hydrogens is 352 g/mol. The van der Waals surface area contributed by atoms with Crippen molar-refractivity contribution in [1.82, 2.24) is 5.32 Å². The van der Waals surface area contributed by atoms with Crippen LogP contribution in [-0.2, 0) is 16.0 Å². The molecule has 1 amide bonds. The summed E-state index contributed by atoms with van der Waals surface area (Å²) < 4.78 is 12.4. The fourth-order valence-corrected chi connectivity index (χ4v) is 3.01. The van der Waals surface area contributed by atoms with Crippen LogP contribution in [0.15, 0.2) is 18.2 Å². The van der Waals surface area contributed by atoms with Gasteiger partial charge in [-0.05, 0) is 55.4 Å². The number of hydrogen-bond donors (Lipinski definition) is 1. The number of carbonyl (C=O) groups is 1. The lowest BCUT2D eigenvalue weighted by Crippen LogP contribution is -2.49. The van der Waals surface area contributed by atoms with Crippen LogP contribution in [-0.4, -0.2) is 30.8 Å². The van der Waals surface area contributed by atoms with Gasteiger partial charge >= 0.3 is 0 Å². The maximum atomic E-state index is 10.1. The zero-order chi connectivity index (χ0) is 20.9. The standard InChI is InChI=1S/C19H27NO2.C4H7NO/c1-13(2)18(3,4)12-21-17-10-15-9-14(11-20)7-8-16(15)22-19(17,5)6;6-4-2-1-3-5-4/h7-9,13,17H,10,12H2,1-6H3;1-3H2,(H,5,6). The van der Waals surface area contributed by atoms with Crippen molar-refractivity contribution in [2.45, 2.75) is 72.5 Å². The lowest BCUT2D eigenvalue weighted by Gasteiger charge is -2.41. The van der Waals surface area contributed by atoms with Crippen LogP contribution in [0, 0.1) is 22.7 Å². The Labute approximate surface area is 169 Å². The van der Waals surface area contributed by atoms with E-state index in [1.807, 2.05) is 12.1 Å². The van der Waals surface area contributed by atoms with Crippen molar-refractivity contribution in [3.05, 3.63) is 29.3 Å². The number of ether oxygens (including phenoxy) is 2. The molecular formula is C23H34N2O3. The summed E-state index contributed by atoms with van der Waals surface area (Å²) >= 11 is 0. The highest BCUT2D eigenvalue weighted by Crippen LogP contribution is 2.36. The summed E-state index contributed by atoms with van der Waals surface area (Å²) in [6.07, 6.45) is 2.54. The van der Waals surface area contributed by atoms with E-state index in [0.717, 1.165) is 37.1 Å². The van der Waals surface area contributed by atoms with Crippen LogP contribution in [0.3, 0.4) is 0 Å². The summed E-state index contributed by atoms with van der Waals surface area (Å²) in [5.41, 5.74) is 1.49. The third-order valence-corrected chi connectivity index (χ3v) is 5.87. The number of nitriles is 1. The highest BCUT2D eigenvalue weighted by atomic mass is 16.6. The summed E-state index contributed by atoms with van der Waals surface area (Å²) in [7, 11) is 0. The van der Waals surface area contributed by atoms with Crippen LogP contribution < -0.4 is 10.1 Å². The lowest BCUT2D eigenvalue weighted by atomic mass is 9.82. The highest BCUT2D eigenvalue weighted by molar-refractivity contribution is 5.77. The van der Waals surface area contributed by atoms with Gasteiger partial charge < -0.3 is 14.8 Å². The van der Waals surface area contributed by atoms with Crippen LogP contribution in [0.1, 0.15) is 65.5 Å². The van der Waals surface area contributed by atoms with Gasteiger partial charge in [0.05, 0.1) is 18.2 Å². The molecule has 5 nitrogen and oxygen atoms in total. The fourth-order valence-electron chi connectivity index (χ4n) is 3.01. The van der Waals surface area contributed by atoms with Crippen molar-refractivity contribution < 1.29 is 14.3 Å². The Balaban J connectivity index is 0.000000397. The molecule has 5 heteroatoms. The predicted octanol–water partition coefficient (Wildman–Crippen LogP) is 4.24. The van der Waals surface area contributed by atoms with Crippen LogP contribution in [0.2, 0.25) is 0 Å². The van der Waals surface area contributed by atoms with Gasteiger partial charge in [0.25, 0.3) is 0 Å². The molecule has 0 aromatic heterocycles. The third kappa shape index (κ3) is 5.72. The number of nitrogens with zero attached hydrogens (tertiary/aromatic N) is 1. The van der Waals surface area contributed by atoms with E-state index in [1.54, 1.807) is 6.07 Å². The van der Waals surface area contributed by atoms with E-state index >= 15 is 0 Å². The van der Waals surface area contributed by atoms with Crippen molar-refractivity contribution in [2.75, 3.05) is 13.2 Å². The summed E-state index contributed by atoms with van der Waals surface area (Å²) in [5.74, 6) is 1.62. The molecule has 0 spiro atoms. The van der Waals surface area contributed by atoms with Gasteiger partial charge in [-0.25, -0.2) is 0 Å². The highest BCUT2D eigenvalue weighted by Gasteiger charge is 2.39. The molecule has 1 aromatic rings. The SMILES string of the molecule is CC(C)C(C)(C)COC1Cc2cc(C#N)ccc2OC1(C)C.O=C1CCCN1. The molecule has 154 valence electrons. The molecule has 0 radical (unpaired) electrons. The maximum absolute atomic E-state index is 10.1. The number of amides is 1. The number of benzene rings is 1.